The Kier molecular flexibility index (Phi) is 6.73. The maximum Gasteiger partial charge on any atom is 0.147 e. The van der Waals surface area contributed by atoms with E-state index in [9.17, 15) is 13.5 Å². The summed E-state index contributed by atoms with van der Waals surface area (Å²) in [5.41, 5.74) is 0. The van der Waals surface area contributed by atoms with Crippen molar-refractivity contribution in [3.8, 4) is 0 Å². The average molecular weight is 292 g/mol. The zero-order valence-electron chi connectivity index (χ0n) is 12.4. The largest absolute Gasteiger partial charge is 0.395 e. The van der Waals surface area contributed by atoms with Gasteiger partial charge in [-0.1, -0.05) is 13.8 Å². The summed E-state index contributed by atoms with van der Waals surface area (Å²) in [6.45, 7) is 9.01. The fourth-order valence-electron chi connectivity index (χ4n) is 2.82. The lowest BCUT2D eigenvalue weighted by Gasteiger charge is -2.39. The lowest BCUT2D eigenvalue weighted by atomic mass is 10.1. The molecule has 1 saturated heterocycles. The van der Waals surface area contributed by atoms with Crippen molar-refractivity contribution in [3.63, 3.8) is 0 Å². The van der Waals surface area contributed by atoms with Gasteiger partial charge in [0.25, 0.3) is 0 Å². The standard InChI is InChI=1S/C13H28N2O3S/c1-4-13(10-16)15-7-5-14(6-8-15)9-12(2)11-19(3,17)18/h12-13,16H,4-11H2,1-3H3. The molecule has 0 bridgehead atoms. The number of rotatable bonds is 7. The molecule has 0 aromatic heterocycles. The first-order chi connectivity index (χ1) is 8.85. The summed E-state index contributed by atoms with van der Waals surface area (Å²) in [4.78, 5) is 4.66. The molecule has 5 nitrogen and oxygen atoms in total. The molecule has 1 N–H and O–H groups in total. The van der Waals surface area contributed by atoms with E-state index in [0.717, 1.165) is 39.1 Å². The monoisotopic (exact) mass is 292 g/mol. The molecule has 2 atom stereocenters. The Labute approximate surface area is 117 Å². The van der Waals surface area contributed by atoms with Crippen molar-refractivity contribution >= 4 is 9.84 Å². The molecule has 0 radical (unpaired) electrons. The van der Waals surface area contributed by atoms with E-state index in [1.165, 1.54) is 6.26 Å². The maximum atomic E-state index is 11.2. The quantitative estimate of drug-likeness (QED) is 0.719. The van der Waals surface area contributed by atoms with E-state index >= 15 is 0 Å². The average Bonchev–Trinajstić information content (AvgIpc) is 2.30. The van der Waals surface area contributed by atoms with Gasteiger partial charge in [-0.05, 0) is 12.3 Å². The minimum atomic E-state index is -2.88. The molecular weight excluding hydrogens is 264 g/mol. The van der Waals surface area contributed by atoms with Crippen LogP contribution in [0.15, 0.2) is 0 Å². The topological polar surface area (TPSA) is 60.9 Å². The van der Waals surface area contributed by atoms with E-state index in [2.05, 4.69) is 16.7 Å². The van der Waals surface area contributed by atoms with Crippen LogP contribution < -0.4 is 0 Å². The van der Waals surface area contributed by atoms with Crippen molar-refractivity contribution in [2.75, 3.05) is 51.3 Å². The second-order valence-electron chi connectivity index (χ2n) is 5.78. The third-order valence-electron chi connectivity index (χ3n) is 3.76. The molecule has 1 aliphatic heterocycles. The molecule has 0 spiro atoms. The van der Waals surface area contributed by atoms with E-state index in [0.29, 0.717) is 0 Å². The minimum Gasteiger partial charge on any atom is -0.395 e. The minimum absolute atomic E-state index is 0.182. The number of aliphatic hydroxyl groups is 1. The van der Waals surface area contributed by atoms with E-state index in [4.69, 9.17) is 0 Å². The van der Waals surface area contributed by atoms with Gasteiger partial charge in [-0.25, -0.2) is 8.42 Å². The number of hydrogen-bond acceptors (Lipinski definition) is 5. The van der Waals surface area contributed by atoms with E-state index in [1.807, 2.05) is 6.92 Å². The molecule has 1 rings (SSSR count). The summed E-state index contributed by atoms with van der Waals surface area (Å²) >= 11 is 0. The summed E-state index contributed by atoms with van der Waals surface area (Å²) in [5.74, 6) is 0.447. The number of sulfone groups is 1. The van der Waals surface area contributed by atoms with Gasteiger partial charge in [0.1, 0.15) is 9.84 Å². The molecular formula is C13H28N2O3S. The summed E-state index contributed by atoms with van der Waals surface area (Å²) in [6, 6.07) is 0.274. The van der Waals surface area contributed by atoms with E-state index < -0.39 is 9.84 Å². The molecule has 2 unspecified atom stereocenters. The Balaban J connectivity index is 2.34. The Morgan fingerprint density at radius 2 is 1.79 bits per heavy atom. The first kappa shape index (κ1) is 16.9. The highest BCUT2D eigenvalue weighted by molar-refractivity contribution is 7.90. The van der Waals surface area contributed by atoms with Crippen LogP contribution in [-0.2, 0) is 9.84 Å². The van der Waals surface area contributed by atoms with Crippen LogP contribution in [0.5, 0.6) is 0 Å². The van der Waals surface area contributed by atoms with Gasteiger partial charge in [0.05, 0.1) is 12.4 Å². The Morgan fingerprint density at radius 3 is 2.21 bits per heavy atom. The van der Waals surface area contributed by atoms with Gasteiger partial charge in [0.2, 0.25) is 0 Å². The van der Waals surface area contributed by atoms with Crippen molar-refractivity contribution < 1.29 is 13.5 Å². The third kappa shape index (κ3) is 6.21. The SMILES string of the molecule is CCC(CO)N1CCN(CC(C)CS(C)(=O)=O)CC1. The summed E-state index contributed by atoms with van der Waals surface area (Å²) in [5, 5.41) is 9.30. The molecule has 114 valence electrons. The Bertz CT molecular complexity index is 347. The van der Waals surface area contributed by atoms with Crippen LogP contribution in [0.4, 0.5) is 0 Å². The maximum absolute atomic E-state index is 11.2. The molecule has 0 amide bonds. The van der Waals surface area contributed by atoms with Gasteiger partial charge in [0.15, 0.2) is 0 Å². The molecule has 0 aliphatic carbocycles. The van der Waals surface area contributed by atoms with Crippen LogP contribution in [0.25, 0.3) is 0 Å². The molecule has 1 heterocycles. The summed E-state index contributed by atoms with van der Waals surface area (Å²) in [7, 11) is -2.88. The van der Waals surface area contributed by atoms with Crippen molar-refractivity contribution in [3.05, 3.63) is 0 Å². The molecule has 19 heavy (non-hydrogen) atoms. The van der Waals surface area contributed by atoms with Gasteiger partial charge < -0.3 is 10.0 Å². The van der Waals surface area contributed by atoms with E-state index in [-0.39, 0.29) is 24.3 Å². The van der Waals surface area contributed by atoms with Crippen molar-refractivity contribution in [1.82, 2.24) is 9.80 Å². The Hall–Kier alpha value is -0.170. The van der Waals surface area contributed by atoms with Gasteiger partial charge >= 0.3 is 0 Å². The van der Waals surface area contributed by atoms with Crippen molar-refractivity contribution in [1.29, 1.82) is 0 Å². The highest BCUT2D eigenvalue weighted by Crippen LogP contribution is 2.11. The van der Waals surface area contributed by atoms with Gasteiger partial charge in [-0.2, -0.15) is 0 Å². The second-order valence-corrected chi connectivity index (χ2v) is 7.96. The molecule has 0 aromatic rings. The van der Waals surface area contributed by atoms with Crippen LogP contribution in [0, 0.1) is 5.92 Å². The van der Waals surface area contributed by atoms with Crippen LogP contribution in [0.2, 0.25) is 0 Å². The Morgan fingerprint density at radius 1 is 1.21 bits per heavy atom. The number of aliphatic hydroxyl groups excluding tert-OH is 1. The molecule has 0 saturated carbocycles. The molecule has 1 aliphatic rings. The van der Waals surface area contributed by atoms with Crippen molar-refractivity contribution in [2.45, 2.75) is 26.3 Å². The number of hydrogen-bond donors (Lipinski definition) is 1. The smallest absolute Gasteiger partial charge is 0.147 e. The van der Waals surface area contributed by atoms with Crippen LogP contribution in [0.1, 0.15) is 20.3 Å². The first-order valence-electron chi connectivity index (χ1n) is 7.10. The predicted octanol–water partition coefficient (Wildman–Crippen LogP) is 0.0556. The summed E-state index contributed by atoms with van der Waals surface area (Å²) in [6.07, 6.45) is 2.27. The molecule has 0 aromatic carbocycles. The normalized spacial score (nSPS) is 22.3. The number of nitrogens with zero attached hydrogens (tertiary/aromatic N) is 2. The van der Waals surface area contributed by atoms with E-state index in [1.54, 1.807) is 0 Å². The predicted molar refractivity (Wildman–Crippen MR) is 78.1 cm³/mol. The fourth-order valence-corrected chi connectivity index (χ4v) is 3.96. The first-order valence-corrected chi connectivity index (χ1v) is 9.16. The lowest BCUT2D eigenvalue weighted by molar-refractivity contribution is 0.0595. The van der Waals surface area contributed by atoms with Crippen LogP contribution >= 0.6 is 0 Å². The highest BCUT2D eigenvalue weighted by Gasteiger charge is 2.23. The molecule has 6 heteroatoms. The number of piperazine rings is 1. The fraction of sp³-hybridized carbons (Fsp3) is 1.00. The second kappa shape index (κ2) is 7.57. The van der Waals surface area contributed by atoms with Crippen LogP contribution in [-0.4, -0.2) is 80.7 Å². The zero-order chi connectivity index (χ0) is 14.5. The van der Waals surface area contributed by atoms with Gasteiger partial charge in [-0.15, -0.1) is 0 Å². The van der Waals surface area contributed by atoms with Gasteiger partial charge in [0, 0.05) is 45.0 Å². The van der Waals surface area contributed by atoms with Gasteiger partial charge in [-0.3, -0.25) is 4.90 Å². The lowest BCUT2D eigenvalue weighted by Crippen LogP contribution is -2.52. The highest BCUT2D eigenvalue weighted by atomic mass is 32.2. The van der Waals surface area contributed by atoms with Crippen molar-refractivity contribution in [2.24, 2.45) is 5.92 Å². The molecule has 1 fully saturated rings. The van der Waals surface area contributed by atoms with Crippen LogP contribution in [0.3, 0.4) is 0 Å². The summed E-state index contributed by atoms with van der Waals surface area (Å²) < 4.78 is 22.5. The third-order valence-corrected chi connectivity index (χ3v) is 4.94. The zero-order valence-corrected chi connectivity index (χ0v) is 13.2.